The number of sulfonamides is 1. The van der Waals surface area contributed by atoms with Crippen molar-refractivity contribution in [2.75, 3.05) is 19.5 Å². The van der Waals surface area contributed by atoms with Crippen molar-refractivity contribution in [2.45, 2.75) is 11.8 Å². The Labute approximate surface area is 152 Å². The van der Waals surface area contributed by atoms with E-state index in [1.807, 2.05) is 25.1 Å². The molecular formula is C18H20N2O5S. The van der Waals surface area contributed by atoms with Crippen LogP contribution in [0, 0.1) is 6.92 Å². The molecule has 0 bridgehead atoms. The third kappa shape index (κ3) is 4.84. The highest BCUT2D eigenvalue weighted by atomic mass is 32.2. The molecule has 26 heavy (non-hydrogen) atoms. The quantitative estimate of drug-likeness (QED) is 0.752. The van der Waals surface area contributed by atoms with Gasteiger partial charge in [0.25, 0.3) is 0 Å². The maximum absolute atomic E-state index is 12.2. The second-order valence-corrected chi connectivity index (χ2v) is 7.04. The normalized spacial score (nSPS) is 11.4. The summed E-state index contributed by atoms with van der Waals surface area (Å²) in [5.41, 5.74) is 1.96. The van der Waals surface area contributed by atoms with Gasteiger partial charge < -0.3 is 14.8 Å². The average molecular weight is 376 g/mol. The average Bonchev–Trinajstić information content (AvgIpc) is 2.59. The van der Waals surface area contributed by atoms with E-state index in [0.29, 0.717) is 11.5 Å². The minimum absolute atomic E-state index is 0.127. The number of benzene rings is 2. The first-order valence-corrected chi connectivity index (χ1v) is 9.14. The number of rotatable bonds is 6. The van der Waals surface area contributed by atoms with Crippen LogP contribution in [0.2, 0.25) is 0 Å². The lowest BCUT2D eigenvalue weighted by molar-refractivity contribution is -0.111. The molecule has 3 N–H and O–H groups in total. The van der Waals surface area contributed by atoms with Crippen LogP contribution < -0.4 is 19.9 Å². The highest BCUT2D eigenvalue weighted by Gasteiger charge is 2.13. The summed E-state index contributed by atoms with van der Waals surface area (Å²) in [6.07, 6.45) is 2.93. The maximum atomic E-state index is 12.2. The van der Waals surface area contributed by atoms with Gasteiger partial charge in [-0.2, -0.15) is 0 Å². The Kier molecular flexibility index (Phi) is 6.01. The molecule has 8 heteroatoms. The molecular weight excluding hydrogens is 356 g/mol. The summed E-state index contributed by atoms with van der Waals surface area (Å²) in [5.74, 6) is 0.485. The Hall–Kier alpha value is -2.84. The lowest BCUT2D eigenvalue weighted by Gasteiger charge is -2.10. The molecule has 2 aromatic rings. The van der Waals surface area contributed by atoms with Gasteiger partial charge in [0.1, 0.15) is 11.5 Å². The second kappa shape index (κ2) is 8.03. The number of methoxy groups -OCH3 is 2. The van der Waals surface area contributed by atoms with Gasteiger partial charge in [0.05, 0.1) is 24.8 Å². The summed E-state index contributed by atoms with van der Waals surface area (Å²) in [7, 11) is -0.937. The zero-order chi connectivity index (χ0) is 19.3. The predicted molar refractivity (Wildman–Crippen MR) is 99.8 cm³/mol. The van der Waals surface area contributed by atoms with Gasteiger partial charge in [-0.3, -0.25) is 4.79 Å². The minimum Gasteiger partial charge on any atom is -0.496 e. The van der Waals surface area contributed by atoms with E-state index in [9.17, 15) is 13.2 Å². The van der Waals surface area contributed by atoms with Crippen LogP contribution in [0.3, 0.4) is 0 Å². The van der Waals surface area contributed by atoms with Crippen LogP contribution in [0.1, 0.15) is 11.1 Å². The van der Waals surface area contributed by atoms with Gasteiger partial charge in [-0.15, -0.1) is 0 Å². The molecule has 0 unspecified atom stereocenters. The number of primary sulfonamides is 1. The van der Waals surface area contributed by atoms with Crippen molar-refractivity contribution in [2.24, 2.45) is 5.14 Å². The van der Waals surface area contributed by atoms with Gasteiger partial charge in [0, 0.05) is 11.6 Å². The Morgan fingerprint density at radius 1 is 1.08 bits per heavy atom. The van der Waals surface area contributed by atoms with Crippen molar-refractivity contribution in [1.29, 1.82) is 0 Å². The summed E-state index contributed by atoms with van der Waals surface area (Å²) < 4.78 is 33.4. The highest BCUT2D eigenvalue weighted by molar-refractivity contribution is 7.89. The van der Waals surface area contributed by atoms with Gasteiger partial charge in [0.2, 0.25) is 15.9 Å². The van der Waals surface area contributed by atoms with Crippen molar-refractivity contribution in [3.05, 3.63) is 53.6 Å². The fourth-order valence-electron chi connectivity index (χ4n) is 2.29. The molecule has 0 spiro atoms. The first kappa shape index (κ1) is 19.5. The van der Waals surface area contributed by atoms with Crippen molar-refractivity contribution < 1.29 is 22.7 Å². The molecule has 0 fully saturated rings. The monoisotopic (exact) mass is 376 g/mol. The van der Waals surface area contributed by atoms with Crippen molar-refractivity contribution in [3.63, 3.8) is 0 Å². The fourth-order valence-corrected chi connectivity index (χ4v) is 2.83. The molecule has 0 aromatic heterocycles. The Balaban J connectivity index is 2.26. The molecule has 0 aliphatic rings. The number of carbonyl (C=O) groups is 1. The maximum Gasteiger partial charge on any atom is 0.248 e. The first-order chi connectivity index (χ1) is 12.2. The Bertz CT molecular complexity index is 952. The van der Waals surface area contributed by atoms with Gasteiger partial charge >= 0.3 is 0 Å². The molecule has 0 heterocycles. The molecule has 2 rings (SSSR count). The number of anilines is 1. The number of nitrogens with two attached hydrogens (primary N) is 1. The van der Waals surface area contributed by atoms with Crippen LogP contribution in [0.15, 0.2) is 47.4 Å². The molecule has 0 atom stereocenters. The second-order valence-electron chi connectivity index (χ2n) is 5.48. The van der Waals surface area contributed by atoms with E-state index in [1.54, 1.807) is 13.2 Å². The van der Waals surface area contributed by atoms with Gasteiger partial charge in [-0.1, -0.05) is 11.6 Å². The van der Waals surface area contributed by atoms with E-state index >= 15 is 0 Å². The molecule has 0 saturated carbocycles. The Morgan fingerprint density at radius 3 is 2.35 bits per heavy atom. The van der Waals surface area contributed by atoms with E-state index in [1.165, 1.54) is 31.4 Å². The van der Waals surface area contributed by atoms with E-state index in [4.69, 9.17) is 14.6 Å². The fraction of sp³-hybridized carbons (Fsp3) is 0.167. The van der Waals surface area contributed by atoms with Crippen LogP contribution in [-0.4, -0.2) is 28.5 Å². The lowest BCUT2D eigenvalue weighted by Crippen LogP contribution is -2.14. The van der Waals surface area contributed by atoms with Crippen molar-refractivity contribution in [3.8, 4) is 11.5 Å². The number of hydrogen-bond acceptors (Lipinski definition) is 5. The molecule has 138 valence electrons. The zero-order valence-electron chi connectivity index (χ0n) is 14.6. The summed E-state index contributed by atoms with van der Waals surface area (Å²) >= 11 is 0. The first-order valence-electron chi connectivity index (χ1n) is 7.59. The van der Waals surface area contributed by atoms with Crippen LogP contribution in [0.25, 0.3) is 6.08 Å². The van der Waals surface area contributed by atoms with Crippen LogP contribution in [0.5, 0.6) is 11.5 Å². The molecule has 0 radical (unpaired) electrons. The molecule has 2 aromatic carbocycles. The summed E-state index contributed by atoms with van der Waals surface area (Å²) in [5, 5.41) is 7.70. The third-order valence-corrected chi connectivity index (χ3v) is 4.47. The molecule has 0 aliphatic heterocycles. The van der Waals surface area contributed by atoms with E-state index < -0.39 is 15.9 Å². The number of ether oxygens (including phenoxy) is 2. The zero-order valence-corrected chi connectivity index (χ0v) is 15.5. The van der Waals surface area contributed by atoms with Crippen LogP contribution in [0.4, 0.5) is 5.69 Å². The standard InChI is InChI=1S/C18H20N2O5S/c1-12-4-7-16(24-2)13(10-12)5-9-18(21)20-15-11-14(26(19,22)23)6-8-17(15)25-3/h4-11H,1-3H3,(H,20,21)(H2,19,22,23). The van der Waals surface area contributed by atoms with Gasteiger partial charge in [-0.25, -0.2) is 13.6 Å². The highest BCUT2D eigenvalue weighted by Crippen LogP contribution is 2.27. The van der Waals surface area contributed by atoms with Crippen LogP contribution >= 0.6 is 0 Å². The van der Waals surface area contributed by atoms with E-state index in [0.717, 1.165) is 11.1 Å². The predicted octanol–water partition coefficient (Wildman–Crippen LogP) is 2.31. The number of aryl methyl sites for hydroxylation is 1. The molecule has 1 amide bonds. The summed E-state index contributed by atoms with van der Waals surface area (Å²) in [4.78, 5) is 12.1. The molecule has 0 saturated heterocycles. The number of amides is 1. The van der Waals surface area contributed by atoms with E-state index in [2.05, 4.69) is 5.32 Å². The molecule has 0 aliphatic carbocycles. The lowest BCUT2D eigenvalue weighted by atomic mass is 10.1. The number of nitrogens with one attached hydrogen (secondary N) is 1. The van der Waals surface area contributed by atoms with Gasteiger partial charge in [-0.05, 0) is 43.3 Å². The van der Waals surface area contributed by atoms with Crippen molar-refractivity contribution in [1.82, 2.24) is 0 Å². The smallest absolute Gasteiger partial charge is 0.248 e. The number of carbonyl (C=O) groups excluding carboxylic acids is 1. The van der Waals surface area contributed by atoms with Crippen LogP contribution in [-0.2, 0) is 14.8 Å². The topological polar surface area (TPSA) is 108 Å². The third-order valence-electron chi connectivity index (χ3n) is 3.56. The van der Waals surface area contributed by atoms with E-state index in [-0.39, 0.29) is 10.6 Å². The van der Waals surface area contributed by atoms with Crippen molar-refractivity contribution >= 4 is 27.7 Å². The largest absolute Gasteiger partial charge is 0.496 e. The molecule has 7 nitrogen and oxygen atoms in total. The van der Waals surface area contributed by atoms with Gasteiger partial charge in [0.15, 0.2) is 0 Å². The summed E-state index contributed by atoms with van der Waals surface area (Å²) in [6, 6.07) is 9.56. The minimum atomic E-state index is -3.90. The Morgan fingerprint density at radius 2 is 1.73 bits per heavy atom. The number of hydrogen-bond donors (Lipinski definition) is 2. The summed E-state index contributed by atoms with van der Waals surface area (Å²) in [6.45, 7) is 1.93. The SMILES string of the molecule is COc1ccc(C)cc1C=CC(=O)Nc1cc(S(N)(=O)=O)ccc1OC.